The van der Waals surface area contributed by atoms with E-state index in [2.05, 4.69) is 25.0 Å². The van der Waals surface area contributed by atoms with Crippen molar-refractivity contribution in [1.29, 1.82) is 0 Å². The number of carbonyl (C=O) groups excluding carboxylic acids is 1. The summed E-state index contributed by atoms with van der Waals surface area (Å²) in [5.41, 5.74) is -0.604. The first-order valence-electron chi connectivity index (χ1n) is 8.93. The average molecular weight is 374 g/mol. The van der Waals surface area contributed by atoms with E-state index in [9.17, 15) is 4.79 Å². The Hall–Kier alpha value is -2.59. The van der Waals surface area contributed by atoms with Crippen LogP contribution in [0.4, 0.5) is 5.82 Å². The van der Waals surface area contributed by atoms with Gasteiger partial charge in [-0.15, -0.1) is 0 Å². The summed E-state index contributed by atoms with van der Waals surface area (Å²) in [7, 11) is 0. The minimum atomic E-state index is -0.604. The van der Waals surface area contributed by atoms with Crippen molar-refractivity contribution in [2.24, 2.45) is 0 Å². The average Bonchev–Trinajstić information content (AvgIpc) is 2.98. The van der Waals surface area contributed by atoms with Crippen LogP contribution in [0.15, 0.2) is 23.1 Å². The minimum absolute atomic E-state index is 0.0587. The third kappa shape index (κ3) is 4.06. The zero-order valence-corrected chi connectivity index (χ0v) is 15.2. The van der Waals surface area contributed by atoms with Gasteiger partial charge in [0.1, 0.15) is 17.8 Å². The van der Waals surface area contributed by atoms with Gasteiger partial charge < -0.3 is 23.8 Å². The second-order valence-corrected chi connectivity index (χ2v) is 6.80. The summed E-state index contributed by atoms with van der Waals surface area (Å²) in [5.74, 6) is 1.57. The molecule has 0 saturated carbocycles. The topological polar surface area (TPSA) is 107 Å². The Kier molecular flexibility index (Phi) is 4.99. The van der Waals surface area contributed by atoms with Crippen molar-refractivity contribution >= 4 is 11.7 Å². The molecule has 2 fully saturated rings. The maximum Gasteiger partial charge on any atom is 0.236 e. The van der Waals surface area contributed by atoms with Gasteiger partial charge in [-0.2, -0.15) is 4.98 Å². The van der Waals surface area contributed by atoms with Gasteiger partial charge in [0.15, 0.2) is 5.82 Å². The number of amides is 1. The lowest BCUT2D eigenvalue weighted by atomic mass is 10.0. The van der Waals surface area contributed by atoms with Crippen LogP contribution in [0.3, 0.4) is 0 Å². The first-order chi connectivity index (χ1) is 13.1. The van der Waals surface area contributed by atoms with Crippen molar-refractivity contribution in [2.45, 2.75) is 18.9 Å². The molecule has 27 heavy (non-hydrogen) atoms. The Morgan fingerprint density at radius 2 is 2.19 bits per heavy atom. The first-order valence-corrected chi connectivity index (χ1v) is 8.93. The molecule has 0 aliphatic carbocycles. The largest absolute Gasteiger partial charge is 0.376 e. The van der Waals surface area contributed by atoms with E-state index in [1.807, 2.05) is 0 Å². The van der Waals surface area contributed by atoms with Crippen molar-refractivity contribution < 1.29 is 18.8 Å². The van der Waals surface area contributed by atoms with Gasteiger partial charge in [-0.3, -0.25) is 9.78 Å². The fourth-order valence-electron chi connectivity index (χ4n) is 3.45. The molecule has 1 unspecified atom stereocenters. The third-order valence-corrected chi connectivity index (χ3v) is 4.70. The zero-order chi connectivity index (χ0) is 18.7. The fraction of sp³-hybridized carbons (Fsp3) is 0.588. The first kappa shape index (κ1) is 17.8. The van der Waals surface area contributed by atoms with Crippen LogP contribution in [0.2, 0.25) is 0 Å². The highest BCUT2D eigenvalue weighted by Gasteiger charge is 2.42. The van der Waals surface area contributed by atoms with Gasteiger partial charge in [0.05, 0.1) is 39.1 Å². The predicted octanol–water partition coefficient (Wildman–Crippen LogP) is -0.155. The summed E-state index contributed by atoms with van der Waals surface area (Å²) < 4.78 is 17.0. The van der Waals surface area contributed by atoms with Crippen LogP contribution in [0.1, 0.15) is 11.7 Å². The summed E-state index contributed by atoms with van der Waals surface area (Å²) in [5, 5.41) is 3.73. The molecule has 2 saturated heterocycles. The van der Waals surface area contributed by atoms with E-state index in [1.54, 1.807) is 30.4 Å². The molecule has 10 heteroatoms. The smallest absolute Gasteiger partial charge is 0.236 e. The second-order valence-electron chi connectivity index (χ2n) is 6.80. The van der Waals surface area contributed by atoms with Crippen molar-refractivity contribution in [2.75, 3.05) is 50.9 Å². The van der Waals surface area contributed by atoms with Crippen molar-refractivity contribution in [3.63, 3.8) is 0 Å². The number of morpholine rings is 1. The van der Waals surface area contributed by atoms with Crippen molar-refractivity contribution in [1.82, 2.24) is 25.0 Å². The van der Waals surface area contributed by atoms with Crippen molar-refractivity contribution in [3.8, 4) is 0 Å². The van der Waals surface area contributed by atoms with Crippen LogP contribution in [-0.4, -0.2) is 82.5 Å². The molecule has 2 aromatic heterocycles. The molecular weight excluding hydrogens is 352 g/mol. The number of hydrogen-bond acceptors (Lipinski definition) is 9. The van der Waals surface area contributed by atoms with Gasteiger partial charge >= 0.3 is 0 Å². The molecule has 4 heterocycles. The maximum absolute atomic E-state index is 12.7. The number of anilines is 1. The van der Waals surface area contributed by atoms with E-state index in [1.165, 1.54) is 0 Å². The molecule has 2 aliphatic heterocycles. The summed E-state index contributed by atoms with van der Waals surface area (Å²) in [4.78, 5) is 29.2. The molecule has 0 aromatic carbocycles. The lowest BCUT2D eigenvalue weighted by Gasteiger charge is -2.43. The van der Waals surface area contributed by atoms with E-state index >= 15 is 0 Å². The third-order valence-electron chi connectivity index (χ3n) is 4.70. The molecule has 2 aromatic rings. The highest BCUT2D eigenvalue weighted by atomic mass is 16.5. The van der Waals surface area contributed by atoms with Gasteiger partial charge in [0, 0.05) is 25.5 Å². The number of nitrogens with zero attached hydrogens (tertiary/aromatic N) is 6. The Labute approximate surface area is 156 Å². The molecule has 2 aliphatic rings. The number of ether oxygens (including phenoxy) is 2. The van der Waals surface area contributed by atoms with Gasteiger partial charge in [-0.05, 0) is 6.92 Å². The molecule has 4 rings (SSSR count). The molecule has 1 amide bonds. The summed E-state index contributed by atoms with van der Waals surface area (Å²) in [6.07, 6.45) is 5.12. The zero-order valence-electron chi connectivity index (χ0n) is 15.2. The van der Waals surface area contributed by atoms with E-state index in [0.29, 0.717) is 57.7 Å². The lowest BCUT2D eigenvalue weighted by molar-refractivity contribution is -0.157. The molecule has 0 radical (unpaired) electrons. The SMILES string of the molecule is Cc1noc(CC(=O)N2CCOC3(COCCN(c4cnccn4)C3)C2)n1. The van der Waals surface area contributed by atoms with Crippen LogP contribution in [0.5, 0.6) is 0 Å². The molecule has 10 nitrogen and oxygen atoms in total. The predicted molar refractivity (Wildman–Crippen MR) is 93.1 cm³/mol. The quantitative estimate of drug-likeness (QED) is 0.724. The number of aromatic nitrogens is 4. The summed E-state index contributed by atoms with van der Waals surface area (Å²) >= 11 is 0. The standard InChI is InChI=1S/C17H22N6O4/c1-13-20-15(27-21-13)8-16(24)23-5-7-26-17(11-23)10-22(4-6-25-12-17)14-9-18-2-3-19-14/h2-3,9H,4-8,10-12H2,1H3. The van der Waals surface area contributed by atoms with Crippen molar-refractivity contribution in [3.05, 3.63) is 30.3 Å². The molecule has 0 N–H and O–H groups in total. The van der Waals surface area contributed by atoms with Crippen LogP contribution >= 0.6 is 0 Å². The van der Waals surface area contributed by atoms with Gasteiger partial charge in [-0.1, -0.05) is 5.16 Å². The fourth-order valence-corrected chi connectivity index (χ4v) is 3.45. The van der Waals surface area contributed by atoms with Crippen LogP contribution < -0.4 is 4.90 Å². The number of carbonyl (C=O) groups is 1. The van der Waals surface area contributed by atoms with Crippen LogP contribution in [0.25, 0.3) is 0 Å². The van der Waals surface area contributed by atoms with Gasteiger partial charge in [0.2, 0.25) is 11.8 Å². The van der Waals surface area contributed by atoms with Crippen LogP contribution in [0, 0.1) is 6.92 Å². The summed E-state index contributed by atoms with van der Waals surface area (Å²) in [6.45, 7) is 5.41. The van der Waals surface area contributed by atoms with Crippen LogP contribution in [-0.2, 0) is 20.7 Å². The van der Waals surface area contributed by atoms with Gasteiger partial charge in [-0.25, -0.2) is 4.98 Å². The highest BCUT2D eigenvalue weighted by Crippen LogP contribution is 2.25. The second kappa shape index (κ2) is 7.57. The number of rotatable bonds is 3. The normalized spacial score (nSPS) is 23.4. The monoisotopic (exact) mass is 374 g/mol. The minimum Gasteiger partial charge on any atom is -0.376 e. The Balaban J connectivity index is 1.47. The Bertz CT molecular complexity index is 785. The van der Waals surface area contributed by atoms with E-state index < -0.39 is 5.60 Å². The highest BCUT2D eigenvalue weighted by molar-refractivity contribution is 5.78. The lowest BCUT2D eigenvalue weighted by Crippen LogP contribution is -2.60. The molecule has 0 bridgehead atoms. The number of hydrogen-bond donors (Lipinski definition) is 0. The summed E-state index contributed by atoms with van der Waals surface area (Å²) in [6, 6.07) is 0. The maximum atomic E-state index is 12.7. The van der Waals surface area contributed by atoms with E-state index in [4.69, 9.17) is 14.0 Å². The Morgan fingerprint density at radius 1 is 1.26 bits per heavy atom. The molecular formula is C17H22N6O4. The van der Waals surface area contributed by atoms with E-state index in [0.717, 1.165) is 5.82 Å². The molecule has 1 atom stereocenters. The molecule has 144 valence electrons. The van der Waals surface area contributed by atoms with Gasteiger partial charge in [0.25, 0.3) is 0 Å². The Morgan fingerprint density at radius 3 is 2.96 bits per heavy atom. The molecule has 1 spiro atoms. The number of aryl methyl sites for hydroxylation is 1. The van der Waals surface area contributed by atoms with E-state index in [-0.39, 0.29) is 12.3 Å².